The molecular weight excluding hydrogens is 236 g/mol. The lowest BCUT2D eigenvalue weighted by molar-refractivity contribution is 0.0863. The second kappa shape index (κ2) is 4.74. The van der Waals surface area contributed by atoms with Gasteiger partial charge in [0.25, 0.3) is 0 Å². The van der Waals surface area contributed by atoms with Crippen LogP contribution < -0.4 is 5.32 Å². The fourth-order valence-electron chi connectivity index (χ4n) is 2.93. The Morgan fingerprint density at radius 3 is 3.00 bits per heavy atom. The number of pyridine rings is 1. The minimum absolute atomic E-state index is 0.186. The number of carbonyl (C=O) groups excluding carboxylic acids is 1. The maximum absolute atomic E-state index is 12.7. The van der Waals surface area contributed by atoms with E-state index in [-0.39, 0.29) is 11.3 Å². The molecule has 1 unspecified atom stereocenters. The van der Waals surface area contributed by atoms with Gasteiger partial charge >= 0.3 is 0 Å². The van der Waals surface area contributed by atoms with E-state index in [1.807, 2.05) is 30.3 Å². The van der Waals surface area contributed by atoms with E-state index < -0.39 is 0 Å². The Bertz CT molecular complexity index is 615. The van der Waals surface area contributed by atoms with Gasteiger partial charge in [0, 0.05) is 17.1 Å². The van der Waals surface area contributed by atoms with Crippen molar-refractivity contribution in [1.82, 2.24) is 10.3 Å². The van der Waals surface area contributed by atoms with Crippen LogP contribution in [0.4, 0.5) is 0 Å². The fraction of sp³-hybridized carbons (Fsp3) is 0.375. The van der Waals surface area contributed by atoms with Crippen LogP contribution in [0.2, 0.25) is 0 Å². The van der Waals surface area contributed by atoms with Crippen LogP contribution in [0, 0.1) is 0 Å². The summed E-state index contributed by atoms with van der Waals surface area (Å²) in [6.07, 6.45) is 4.54. The van der Waals surface area contributed by atoms with Crippen molar-refractivity contribution in [2.45, 2.75) is 31.7 Å². The largest absolute Gasteiger partial charge is 0.305 e. The second-order valence-electron chi connectivity index (χ2n) is 5.21. The Labute approximate surface area is 113 Å². The Morgan fingerprint density at radius 1 is 1.42 bits per heavy atom. The third-order valence-electron chi connectivity index (χ3n) is 4.13. The summed E-state index contributed by atoms with van der Waals surface area (Å²) in [6.45, 7) is 3.01. The number of carbonyl (C=O) groups is 1. The van der Waals surface area contributed by atoms with Crippen molar-refractivity contribution in [3.8, 4) is 0 Å². The molecule has 0 bridgehead atoms. The predicted octanol–water partition coefficient (Wildman–Crippen LogP) is 2.95. The molecule has 0 amide bonds. The number of benzene rings is 1. The summed E-state index contributed by atoms with van der Waals surface area (Å²) in [5.41, 5.74) is 1.28. The fourth-order valence-corrected chi connectivity index (χ4v) is 2.93. The summed E-state index contributed by atoms with van der Waals surface area (Å²) in [5, 5.41) is 4.41. The lowest BCUT2D eigenvalue weighted by Crippen LogP contribution is -2.47. The van der Waals surface area contributed by atoms with Crippen LogP contribution in [-0.2, 0) is 0 Å². The summed E-state index contributed by atoms with van der Waals surface area (Å²) in [7, 11) is 0. The summed E-state index contributed by atoms with van der Waals surface area (Å²) >= 11 is 0. The van der Waals surface area contributed by atoms with Crippen molar-refractivity contribution in [3.63, 3.8) is 0 Å². The number of fused-ring (bicyclic) bond motifs is 1. The first kappa shape index (κ1) is 12.3. The van der Waals surface area contributed by atoms with Crippen molar-refractivity contribution < 1.29 is 4.79 Å². The molecule has 1 atom stereocenters. The molecule has 1 N–H and O–H groups in total. The van der Waals surface area contributed by atoms with Crippen LogP contribution in [0.25, 0.3) is 10.9 Å². The van der Waals surface area contributed by atoms with Gasteiger partial charge in [0.05, 0.1) is 11.1 Å². The molecule has 3 heteroatoms. The first-order valence-corrected chi connectivity index (χ1v) is 6.90. The summed E-state index contributed by atoms with van der Waals surface area (Å²) < 4.78 is 0. The first-order valence-electron chi connectivity index (χ1n) is 6.90. The highest BCUT2D eigenvalue weighted by atomic mass is 16.1. The van der Waals surface area contributed by atoms with E-state index in [4.69, 9.17) is 0 Å². The molecule has 19 heavy (non-hydrogen) atoms. The normalized spacial score (nSPS) is 22.8. The molecule has 2 heterocycles. The molecule has 0 saturated carbocycles. The van der Waals surface area contributed by atoms with Gasteiger partial charge in [-0.3, -0.25) is 9.78 Å². The van der Waals surface area contributed by atoms with E-state index in [1.165, 1.54) is 0 Å². The Hall–Kier alpha value is -1.74. The molecule has 2 aromatic rings. The highest BCUT2D eigenvalue weighted by Crippen LogP contribution is 2.28. The van der Waals surface area contributed by atoms with E-state index >= 15 is 0 Å². The number of aromatic nitrogens is 1. The molecule has 3 rings (SSSR count). The molecule has 0 aliphatic carbocycles. The topological polar surface area (TPSA) is 42.0 Å². The molecule has 3 nitrogen and oxygen atoms in total. The molecule has 1 aliphatic heterocycles. The van der Waals surface area contributed by atoms with Gasteiger partial charge in [0.2, 0.25) is 0 Å². The maximum atomic E-state index is 12.7. The standard InChI is InChI=1S/C16H18N2O/c1-2-16(8-5-9-18-16)15(19)13-10-12-6-3-4-7-14(12)17-11-13/h3-4,6-7,10-11,18H,2,5,8-9H2,1H3. The molecule has 1 aromatic carbocycles. The molecular formula is C16H18N2O. The van der Waals surface area contributed by atoms with Crippen molar-refractivity contribution in [3.05, 3.63) is 42.1 Å². The highest BCUT2D eigenvalue weighted by Gasteiger charge is 2.39. The van der Waals surface area contributed by atoms with Crippen LogP contribution in [-0.4, -0.2) is 22.9 Å². The zero-order valence-electron chi connectivity index (χ0n) is 11.1. The first-order chi connectivity index (χ1) is 9.25. The lowest BCUT2D eigenvalue weighted by Gasteiger charge is -2.26. The van der Waals surface area contributed by atoms with Crippen LogP contribution in [0.15, 0.2) is 36.5 Å². The van der Waals surface area contributed by atoms with Crippen LogP contribution in [0.1, 0.15) is 36.5 Å². The van der Waals surface area contributed by atoms with Gasteiger partial charge in [-0.2, -0.15) is 0 Å². The van der Waals surface area contributed by atoms with Gasteiger partial charge < -0.3 is 5.32 Å². The predicted molar refractivity (Wildman–Crippen MR) is 76.3 cm³/mol. The highest BCUT2D eigenvalue weighted by molar-refractivity contribution is 6.05. The third-order valence-corrected chi connectivity index (χ3v) is 4.13. The number of para-hydroxylation sites is 1. The Kier molecular flexibility index (Phi) is 3.07. The SMILES string of the molecule is CCC1(C(=O)c2cnc3ccccc3c2)CCCN1. The number of nitrogens with zero attached hydrogens (tertiary/aromatic N) is 1. The van der Waals surface area contributed by atoms with Crippen LogP contribution in [0.3, 0.4) is 0 Å². The van der Waals surface area contributed by atoms with E-state index in [1.54, 1.807) is 6.20 Å². The number of nitrogens with one attached hydrogen (secondary N) is 1. The molecule has 1 aromatic heterocycles. The zero-order chi connectivity index (χ0) is 13.3. The third kappa shape index (κ3) is 2.04. The second-order valence-corrected chi connectivity index (χ2v) is 5.21. The van der Waals surface area contributed by atoms with Gasteiger partial charge in [0.1, 0.15) is 0 Å². The smallest absolute Gasteiger partial charge is 0.184 e. The van der Waals surface area contributed by atoms with Crippen molar-refractivity contribution >= 4 is 16.7 Å². The summed E-state index contributed by atoms with van der Waals surface area (Å²) in [5.74, 6) is 0.186. The number of ketones is 1. The number of hydrogen-bond acceptors (Lipinski definition) is 3. The molecule has 1 saturated heterocycles. The van der Waals surface area contributed by atoms with Gasteiger partial charge in [-0.05, 0) is 37.9 Å². The average molecular weight is 254 g/mol. The number of rotatable bonds is 3. The van der Waals surface area contributed by atoms with Gasteiger partial charge in [-0.1, -0.05) is 25.1 Å². The molecule has 98 valence electrons. The molecule has 1 fully saturated rings. The van der Waals surface area contributed by atoms with Crippen molar-refractivity contribution in [1.29, 1.82) is 0 Å². The summed E-state index contributed by atoms with van der Waals surface area (Å²) in [6, 6.07) is 9.86. The summed E-state index contributed by atoms with van der Waals surface area (Å²) in [4.78, 5) is 17.1. The van der Waals surface area contributed by atoms with E-state index in [9.17, 15) is 4.79 Å². The van der Waals surface area contributed by atoms with Crippen molar-refractivity contribution in [2.24, 2.45) is 0 Å². The number of hydrogen-bond donors (Lipinski definition) is 1. The van der Waals surface area contributed by atoms with E-state index in [0.717, 1.165) is 42.3 Å². The van der Waals surface area contributed by atoms with E-state index in [2.05, 4.69) is 17.2 Å². The minimum Gasteiger partial charge on any atom is -0.305 e. The lowest BCUT2D eigenvalue weighted by atomic mass is 9.85. The average Bonchev–Trinajstić information content (AvgIpc) is 2.96. The minimum atomic E-state index is -0.371. The van der Waals surface area contributed by atoms with E-state index in [0.29, 0.717) is 0 Å². The maximum Gasteiger partial charge on any atom is 0.184 e. The van der Waals surface area contributed by atoms with Gasteiger partial charge in [-0.25, -0.2) is 0 Å². The molecule has 1 aliphatic rings. The quantitative estimate of drug-likeness (QED) is 0.856. The Balaban J connectivity index is 2.01. The van der Waals surface area contributed by atoms with Crippen LogP contribution >= 0.6 is 0 Å². The Morgan fingerprint density at radius 2 is 2.26 bits per heavy atom. The zero-order valence-corrected chi connectivity index (χ0v) is 11.1. The number of Topliss-reactive ketones (excluding diaryl/α,β-unsaturated/α-hetero) is 1. The monoisotopic (exact) mass is 254 g/mol. The van der Waals surface area contributed by atoms with Crippen LogP contribution in [0.5, 0.6) is 0 Å². The molecule has 0 spiro atoms. The molecule has 0 radical (unpaired) electrons. The van der Waals surface area contributed by atoms with Gasteiger partial charge in [0.15, 0.2) is 5.78 Å². The van der Waals surface area contributed by atoms with Crippen molar-refractivity contribution in [2.75, 3.05) is 6.54 Å². The van der Waals surface area contributed by atoms with Gasteiger partial charge in [-0.15, -0.1) is 0 Å².